The van der Waals surface area contributed by atoms with Gasteiger partial charge in [0.05, 0.1) is 18.7 Å². The van der Waals surface area contributed by atoms with Gasteiger partial charge < -0.3 is 14.5 Å². The molecule has 6 heteroatoms. The van der Waals surface area contributed by atoms with Crippen LogP contribution < -0.4 is 9.64 Å². The van der Waals surface area contributed by atoms with Crippen LogP contribution in [0.3, 0.4) is 0 Å². The minimum atomic E-state index is -0.0383. The molecule has 6 nitrogen and oxygen atoms in total. The summed E-state index contributed by atoms with van der Waals surface area (Å²) in [5.41, 5.74) is 2.15. The molecule has 126 valence electrons. The van der Waals surface area contributed by atoms with Crippen LogP contribution >= 0.6 is 0 Å². The predicted molar refractivity (Wildman–Crippen MR) is 94.0 cm³/mol. The van der Waals surface area contributed by atoms with Gasteiger partial charge in [0.25, 0.3) is 5.91 Å². The molecule has 0 radical (unpaired) electrons. The van der Waals surface area contributed by atoms with Gasteiger partial charge in [0, 0.05) is 31.9 Å². The molecule has 1 unspecified atom stereocenters. The Labute approximate surface area is 141 Å². The van der Waals surface area contributed by atoms with Crippen LogP contribution in [0.25, 0.3) is 0 Å². The lowest BCUT2D eigenvalue weighted by Crippen LogP contribution is -2.49. The van der Waals surface area contributed by atoms with Gasteiger partial charge in [-0.2, -0.15) is 4.99 Å². The van der Waals surface area contributed by atoms with E-state index in [2.05, 4.69) is 25.9 Å². The van der Waals surface area contributed by atoms with Gasteiger partial charge in [0.2, 0.25) is 5.96 Å². The molecule has 1 atom stereocenters. The van der Waals surface area contributed by atoms with Crippen molar-refractivity contribution in [1.82, 2.24) is 4.90 Å². The van der Waals surface area contributed by atoms with Crippen molar-refractivity contribution in [3.05, 3.63) is 24.3 Å². The number of aliphatic imine (C=N–C) groups is 2. The molecular weight excluding hydrogens is 304 g/mol. The lowest BCUT2D eigenvalue weighted by atomic mass is 10.1. The van der Waals surface area contributed by atoms with E-state index in [-0.39, 0.29) is 11.8 Å². The van der Waals surface area contributed by atoms with Crippen molar-refractivity contribution in [1.29, 1.82) is 0 Å². The van der Waals surface area contributed by atoms with Gasteiger partial charge in [-0.3, -0.25) is 4.79 Å². The van der Waals surface area contributed by atoms with Crippen LogP contribution in [0.15, 0.2) is 34.3 Å². The van der Waals surface area contributed by atoms with Gasteiger partial charge in [0.1, 0.15) is 5.75 Å². The number of benzene rings is 1. The summed E-state index contributed by atoms with van der Waals surface area (Å²) in [6, 6.07) is 8.08. The van der Waals surface area contributed by atoms with Crippen LogP contribution in [0.5, 0.6) is 5.75 Å². The number of carbonyl (C=O) groups is 1. The number of carbonyl (C=O) groups excluding carboxylic acids is 1. The lowest BCUT2D eigenvalue weighted by molar-refractivity contribution is -0.119. The molecule has 1 aromatic carbocycles. The van der Waals surface area contributed by atoms with E-state index in [4.69, 9.17) is 4.74 Å². The molecule has 0 bridgehead atoms. The van der Waals surface area contributed by atoms with Gasteiger partial charge >= 0.3 is 0 Å². The largest absolute Gasteiger partial charge is 0.495 e. The van der Waals surface area contributed by atoms with Crippen LogP contribution in [-0.2, 0) is 4.79 Å². The molecule has 4 rings (SSSR count). The van der Waals surface area contributed by atoms with E-state index < -0.39 is 0 Å². The average molecular weight is 326 g/mol. The first kappa shape index (κ1) is 15.2. The van der Waals surface area contributed by atoms with Crippen molar-refractivity contribution in [2.45, 2.75) is 19.3 Å². The molecule has 2 aliphatic heterocycles. The highest BCUT2D eigenvalue weighted by Gasteiger charge is 2.34. The number of para-hydroxylation sites is 2. The second kappa shape index (κ2) is 6.26. The molecule has 1 aromatic rings. The number of hydrogen-bond acceptors (Lipinski definition) is 5. The Bertz CT molecular complexity index is 705. The zero-order valence-electron chi connectivity index (χ0n) is 13.9. The van der Waals surface area contributed by atoms with E-state index >= 15 is 0 Å². The standard InChI is InChI=1S/C18H22N4O2/c1-24-16-8-3-2-7-15(16)21-9-11-22(12-10-21)18-19-14-6-4-5-13(14)17(23)20-18/h2-3,7-8,13H,4-6,9-12H2,1H3. The number of ether oxygens (including phenoxy) is 1. The third kappa shape index (κ3) is 2.66. The summed E-state index contributed by atoms with van der Waals surface area (Å²) in [6.07, 6.45) is 2.91. The second-order valence-electron chi connectivity index (χ2n) is 6.44. The van der Waals surface area contributed by atoms with Gasteiger partial charge in [0.15, 0.2) is 0 Å². The van der Waals surface area contributed by atoms with Crippen molar-refractivity contribution in [3.63, 3.8) is 0 Å². The van der Waals surface area contributed by atoms with Crippen molar-refractivity contribution < 1.29 is 9.53 Å². The van der Waals surface area contributed by atoms with Gasteiger partial charge in [-0.15, -0.1) is 0 Å². The number of fused-ring (bicyclic) bond motifs is 1. The summed E-state index contributed by atoms with van der Waals surface area (Å²) in [5.74, 6) is 1.47. The fraction of sp³-hybridized carbons (Fsp3) is 0.500. The van der Waals surface area contributed by atoms with E-state index in [1.165, 1.54) is 0 Å². The van der Waals surface area contributed by atoms with Crippen molar-refractivity contribution in [3.8, 4) is 5.75 Å². The minimum Gasteiger partial charge on any atom is -0.495 e. The van der Waals surface area contributed by atoms with Crippen LogP contribution in [0.4, 0.5) is 5.69 Å². The second-order valence-corrected chi connectivity index (χ2v) is 6.44. The SMILES string of the molecule is COc1ccccc1N1CCN(C2=NC(=O)C3CCCC3=N2)CC1. The summed E-state index contributed by atoms with van der Waals surface area (Å²) >= 11 is 0. The topological polar surface area (TPSA) is 57.5 Å². The number of hydrogen-bond donors (Lipinski definition) is 0. The van der Waals surface area contributed by atoms with E-state index in [0.29, 0.717) is 5.96 Å². The molecule has 3 aliphatic rings. The number of piperazine rings is 1. The zero-order valence-corrected chi connectivity index (χ0v) is 13.9. The monoisotopic (exact) mass is 326 g/mol. The third-order valence-electron chi connectivity index (χ3n) is 5.07. The van der Waals surface area contributed by atoms with E-state index in [9.17, 15) is 4.79 Å². The highest BCUT2D eigenvalue weighted by atomic mass is 16.5. The molecule has 1 saturated carbocycles. The maximum Gasteiger partial charge on any atom is 0.257 e. The Morgan fingerprint density at radius 1 is 1.08 bits per heavy atom. The minimum absolute atomic E-state index is 0.000316. The van der Waals surface area contributed by atoms with Crippen molar-refractivity contribution in [2.24, 2.45) is 15.9 Å². The normalized spacial score (nSPS) is 23.7. The van der Waals surface area contributed by atoms with E-state index in [1.807, 2.05) is 18.2 Å². The summed E-state index contributed by atoms with van der Waals surface area (Å²) < 4.78 is 5.46. The Morgan fingerprint density at radius 2 is 1.83 bits per heavy atom. The molecule has 0 aromatic heterocycles. The number of amides is 1. The molecule has 2 fully saturated rings. The average Bonchev–Trinajstić information content (AvgIpc) is 3.11. The Morgan fingerprint density at radius 3 is 2.62 bits per heavy atom. The van der Waals surface area contributed by atoms with Gasteiger partial charge in [-0.1, -0.05) is 12.1 Å². The first-order valence-corrected chi connectivity index (χ1v) is 8.59. The smallest absolute Gasteiger partial charge is 0.257 e. The number of guanidine groups is 1. The summed E-state index contributed by atoms with van der Waals surface area (Å²) in [6.45, 7) is 3.35. The van der Waals surface area contributed by atoms with Crippen LogP contribution in [-0.4, -0.2) is 55.8 Å². The first-order valence-electron chi connectivity index (χ1n) is 8.59. The predicted octanol–water partition coefficient (Wildman–Crippen LogP) is 1.95. The lowest BCUT2D eigenvalue weighted by Gasteiger charge is -2.37. The maximum absolute atomic E-state index is 12.2. The molecule has 1 amide bonds. The molecular formula is C18H22N4O2. The Kier molecular flexibility index (Phi) is 3.96. The van der Waals surface area contributed by atoms with Crippen LogP contribution in [0.2, 0.25) is 0 Å². The highest BCUT2D eigenvalue weighted by molar-refractivity contribution is 6.16. The zero-order chi connectivity index (χ0) is 16.5. The Hall–Kier alpha value is -2.37. The molecule has 2 heterocycles. The maximum atomic E-state index is 12.2. The fourth-order valence-corrected chi connectivity index (χ4v) is 3.74. The molecule has 0 spiro atoms. The molecule has 24 heavy (non-hydrogen) atoms. The Balaban J connectivity index is 1.46. The quantitative estimate of drug-likeness (QED) is 0.833. The van der Waals surface area contributed by atoms with Gasteiger partial charge in [-0.25, -0.2) is 4.99 Å². The van der Waals surface area contributed by atoms with Crippen molar-refractivity contribution >= 4 is 23.3 Å². The number of nitrogens with zero attached hydrogens (tertiary/aromatic N) is 4. The van der Waals surface area contributed by atoms with Gasteiger partial charge in [-0.05, 0) is 31.4 Å². The van der Waals surface area contributed by atoms with Crippen LogP contribution in [0, 0.1) is 5.92 Å². The molecule has 1 aliphatic carbocycles. The van der Waals surface area contributed by atoms with E-state index in [0.717, 1.165) is 62.6 Å². The first-order chi connectivity index (χ1) is 11.8. The number of anilines is 1. The molecule has 1 saturated heterocycles. The third-order valence-corrected chi connectivity index (χ3v) is 5.07. The molecule has 0 N–H and O–H groups in total. The summed E-state index contributed by atoms with van der Waals surface area (Å²) in [7, 11) is 1.70. The summed E-state index contributed by atoms with van der Waals surface area (Å²) in [4.78, 5) is 25.5. The van der Waals surface area contributed by atoms with Crippen molar-refractivity contribution in [2.75, 3.05) is 38.2 Å². The fourth-order valence-electron chi connectivity index (χ4n) is 3.74. The number of rotatable bonds is 2. The summed E-state index contributed by atoms with van der Waals surface area (Å²) in [5, 5.41) is 0. The highest BCUT2D eigenvalue weighted by Crippen LogP contribution is 2.30. The van der Waals surface area contributed by atoms with E-state index in [1.54, 1.807) is 7.11 Å². The van der Waals surface area contributed by atoms with Crippen LogP contribution in [0.1, 0.15) is 19.3 Å². The number of methoxy groups -OCH3 is 1.